The van der Waals surface area contributed by atoms with E-state index in [4.69, 9.17) is 37.0 Å². The largest absolute Gasteiger partial charge is 0.459 e. The predicted octanol–water partition coefficient (Wildman–Crippen LogP) is 9.20. The van der Waals surface area contributed by atoms with Crippen LogP contribution in [-0.4, -0.2) is 9.55 Å². The summed E-state index contributed by atoms with van der Waals surface area (Å²) in [7, 11) is 0. The van der Waals surface area contributed by atoms with E-state index in [2.05, 4.69) is 10.6 Å². The lowest BCUT2D eigenvalue weighted by molar-refractivity contribution is 0.506. The van der Waals surface area contributed by atoms with Gasteiger partial charge in [-0.3, -0.25) is 0 Å². The van der Waals surface area contributed by atoms with E-state index in [-0.39, 0.29) is 0 Å². The molecule has 0 aliphatic heterocycles. The number of furan rings is 2. The van der Waals surface area contributed by atoms with Crippen molar-refractivity contribution in [2.24, 2.45) is 0 Å². The number of halogens is 2. The Kier molecular flexibility index (Phi) is 5.71. The van der Waals surface area contributed by atoms with Crippen LogP contribution < -0.4 is 0 Å². The number of aryl methyl sites for hydroxylation is 2. The van der Waals surface area contributed by atoms with Crippen LogP contribution in [0.3, 0.4) is 0 Å². The lowest BCUT2D eigenvalue weighted by Crippen LogP contribution is -2.00. The normalized spacial score (nSPS) is 11.4. The van der Waals surface area contributed by atoms with Crippen molar-refractivity contribution < 1.29 is 8.83 Å². The van der Waals surface area contributed by atoms with Gasteiger partial charge in [0.15, 0.2) is 11.6 Å². The highest BCUT2D eigenvalue weighted by Gasteiger charge is 2.18. The summed E-state index contributed by atoms with van der Waals surface area (Å²) in [6, 6.07) is 27.8. The van der Waals surface area contributed by atoms with E-state index in [0.29, 0.717) is 17.3 Å². The molecule has 0 aliphatic rings. The van der Waals surface area contributed by atoms with Gasteiger partial charge in [0.05, 0.1) is 17.6 Å². The van der Waals surface area contributed by atoms with E-state index in [1.807, 2.05) is 92.7 Å². The molecule has 0 aliphatic carbocycles. The molecule has 0 saturated carbocycles. The lowest BCUT2D eigenvalue weighted by Gasteiger charge is -2.07. The summed E-state index contributed by atoms with van der Waals surface area (Å²) in [5.74, 6) is 3.73. The molecule has 3 heterocycles. The highest BCUT2D eigenvalue weighted by atomic mass is 35.5. The number of hydrogen-bond donors (Lipinski definition) is 0. The fraction of sp³-hybridized carbons (Fsp3) is 0.100. The van der Waals surface area contributed by atoms with Gasteiger partial charge in [-0.15, -0.1) is 0 Å². The fourth-order valence-electron chi connectivity index (χ4n) is 4.30. The van der Waals surface area contributed by atoms with Crippen LogP contribution >= 0.6 is 23.2 Å². The molecule has 0 unspecified atom stereocenters. The summed E-state index contributed by atoms with van der Waals surface area (Å²) < 4.78 is 14.6. The van der Waals surface area contributed by atoms with Gasteiger partial charge >= 0.3 is 0 Å². The molecule has 6 aromatic rings. The molecular formula is C30H22Cl2N2O2. The molecule has 178 valence electrons. The first-order valence-electron chi connectivity index (χ1n) is 11.6. The SMILES string of the molecule is Cc1ccc(-c2ccc(Cn3c(-c4ccc(-c5ccc(C)c(Cl)c5)o4)nc4ccccc43)o2)cc1Cl. The summed E-state index contributed by atoms with van der Waals surface area (Å²) in [5.41, 5.74) is 5.82. The van der Waals surface area contributed by atoms with Crippen LogP contribution in [0.2, 0.25) is 10.0 Å². The Hall–Kier alpha value is -3.73. The van der Waals surface area contributed by atoms with Crippen LogP contribution in [0, 0.1) is 13.8 Å². The number of benzene rings is 3. The first-order valence-corrected chi connectivity index (χ1v) is 12.4. The van der Waals surface area contributed by atoms with Crippen LogP contribution in [0.5, 0.6) is 0 Å². The average molecular weight is 513 g/mol. The number of rotatable bonds is 5. The van der Waals surface area contributed by atoms with Gasteiger partial charge in [-0.2, -0.15) is 0 Å². The second-order valence-electron chi connectivity index (χ2n) is 8.87. The Morgan fingerprint density at radius 1 is 0.694 bits per heavy atom. The topological polar surface area (TPSA) is 44.1 Å². The smallest absolute Gasteiger partial charge is 0.177 e. The first kappa shape index (κ1) is 22.7. The monoisotopic (exact) mass is 512 g/mol. The van der Waals surface area contributed by atoms with E-state index in [1.54, 1.807) is 0 Å². The van der Waals surface area contributed by atoms with Crippen molar-refractivity contribution in [2.45, 2.75) is 20.4 Å². The molecule has 0 spiro atoms. The molecule has 6 heteroatoms. The van der Waals surface area contributed by atoms with E-state index < -0.39 is 0 Å². The van der Waals surface area contributed by atoms with Crippen molar-refractivity contribution in [3.63, 3.8) is 0 Å². The number of aromatic nitrogens is 2. The maximum absolute atomic E-state index is 6.34. The molecule has 36 heavy (non-hydrogen) atoms. The van der Waals surface area contributed by atoms with E-state index in [0.717, 1.165) is 61.4 Å². The van der Waals surface area contributed by atoms with Gasteiger partial charge in [-0.05, 0) is 73.5 Å². The first-order chi connectivity index (χ1) is 17.5. The van der Waals surface area contributed by atoms with Crippen LogP contribution in [0.4, 0.5) is 0 Å². The van der Waals surface area contributed by atoms with Gasteiger partial charge in [0.25, 0.3) is 0 Å². The van der Waals surface area contributed by atoms with Gasteiger partial charge in [0.2, 0.25) is 0 Å². The molecule has 3 aromatic carbocycles. The van der Waals surface area contributed by atoms with Crippen molar-refractivity contribution >= 4 is 34.2 Å². The molecule has 0 bridgehead atoms. The van der Waals surface area contributed by atoms with E-state index in [9.17, 15) is 0 Å². The third-order valence-electron chi connectivity index (χ3n) is 6.37. The minimum absolute atomic E-state index is 0.502. The molecule has 0 N–H and O–H groups in total. The third-order valence-corrected chi connectivity index (χ3v) is 7.18. The van der Waals surface area contributed by atoms with Crippen molar-refractivity contribution in [3.05, 3.63) is 112 Å². The second-order valence-corrected chi connectivity index (χ2v) is 9.68. The highest BCUT2D eigenvalue weighted by Crippen LogP contribution is 2.33. The summed E-state index contributed by atoms with van der Waals surface area (Å²) in [5, 5.41) is 1.43. The summed E-state index contributed by atoms with van der Waals surface area (Å²) >= 11 is 12.7. The van der Waals surface area contributed by atoms with E-state index >= 15 is 0 Å². The van der Waals surface area contributed by atoms with Crippen molar-refractivity contribution in [1.82, 2.24) is 9.55 Å². The van der Waals surface area contributed by atoms with Crippen molar-refractivity contribution in [3.8, 4) is 34.2 Å². The molecule has 0 amide bonds. The molecule has 4 nitrogen and oxygen atoms in total. The minimum Gasteiger partial charge on any atom is -0.459 e. The fourth-order valence-corrected chi connectivity index (χ4v) is 4.66. The Bertz CT molecular complexity index is 1720. The van der Waals surface area contributed by atoms with E-state index in [1.165, 1.54) is 0 Å². The van der Waals surface area contributed by atoms with Gasteiger partial charge in [0, 0.05) is 21.2 Å². The van der Waals surface area contributed by atoms with Crippen LogP contribution in [0.15, 0.2) is 93.8 Å². The Labute approximate surface area is 218 Å². The zero-order valence-corrected chi connectivity index (χ0v) is 21.3. The molecule has 0 atom stereocenters. The zero-order chi connectivity index (χ0) is 24.8. The summed E-state index contributed by atoms with van der Waals surface area (Å²) in [6.07, 6.45) is 0. The van der Waals surface area contributed by atoms with Crippen LogP contribution in [0.1, 0.15) is 16.9 Å². The number of imidazole rings is 1. The molecule has 0 fully saturated rings. The minimum atomic E-state index is 0.502. The maximum atomic E-state index is 6.34. The Morgan fingerprint density at radius 2 is 1.31 bits per heavy atom. The number of para-hydroxylation sites is 2. The van der Waals surface area contributed by atoms with Gasteiger partial charge in [0.1, 0.15) is 17.3 Å². The molecule has 3 aromatic heterocycles. The highest BCUT2D eigenvalue weighted by molar-refractivity contribution is 6.32. The molecule has 6 rings (SSSR count). The molecular weight excluding hydrogens is 491 g/mol. The van der Waals surface area contributed by atoms with Gasteiger partial charge < -0.3 is 13.4 Å². The van der Waals surface area contributed by atoms with Crippen molar-refractivity contribution in [2.75, 3.05) is 0 Å². The third kappa shape index (κ3) is 4.13. The molecule has 0 saturated heterocycles. The summed E-state index contributed by atoms with van der Waals surface area (Å²) in [4.78, 5) is 4.89. The number of hydrogen-bond acceptors (Lipinski definition) is 3. The lowest BCUT2D eigenvalue weighted by atomic mass is 10.1. The summed E-state index contributed by atoms with van der Waals surface area (Å²) in [6.45, 7) is 4.47. The Morgan fingerprint density at radius 3 is 2.00 bits per heavy atom. The van der Waals surface area contributed by atoms with Crippen LogP contribution in [0.25, 0.3) is 45.3 Å². The maximum Gasteiger partial charge on any atom is 0.177 e. The average Bonchev–Trinajstić information content (AvgIpc) is 3.62. The Balaban J connectivity index is 1.38. The zero-order valence-electron chi connectivity index (χ0n) is 19.8. The van der Waals surface area contributed by atoms with Crippen molar-refractivity contribution in [1.29, 1.82) is 0 Å². The second kappa shape index (κ2) is 9.05. The number of fused-ring (bicyclic) bond motifs is 1. The van der Waals surface area contributed by atoms with Crippen LogP contribution in [-0.2, 0) is 6.54 Å². The number of nitrogens with zero attached hydrogens (tertiary/aromatic N) is 2. The van der Waals surface area contributed by atoms with Gasteiger partial charge in [-0.1, -0.05) is 59.6 Å². The quantitative estimate of drug-likeness (QED) is 0.231. The van der Waals surface area contributed by atoms with Gasteiger partial charge in [-0.25, -0.2) is 4.98 Å². The molecule has 0 radical (unpaired) electrons. The predicted molar refractivity (Wildman–Crippen MR) is 146 cm³/mol. The standard InChI is InChI=1S/C30H22Cl2N2O2/c1-18-7-9-20(15-23(18)31)27-12-11-22(35-27)17-34-26-6-4-3-5-25(26)33-30(34)29-14-13-28(36-29)21-10-8-19(2)24(32)16-21/h3-16H,17H2,1-2H3.